The molecule has 0 atom stereocenters. The fourth-order valence-electron chi connectivity index (χ4n) is 1.86. The maximum atomic E-state index is 8.85. The van der Waals surface area contributed by atoms with Crippen molar-refractivity contribution < 1.29 is 5.11 Å². The molecule has 4 heteroatoms. The molecule has 0 aromatic carbocycles. The van der Waals surface area contributed by atoms with Gasteiger partial charge in [-0.05, 0) is 12.0 Å². The number of likely N-dealkylation sites (tertiary alicyclic amines) is 1. The van der Waals surface area contributed by atoms with E-state index in [-0.39, 0.29) is 0 Å². The molecule has 1 aromatic heterocycles. The van der Waals surface area contributed by atoms with E-state index in [1.54, 1.807) is 0 Å². The Balaban J connectivity index is 1.69. The van der Waals surface area contributed by atoms with Crippen molar-refractivity contribution in [3.63, 3.8) is 0 Å². The molecular formula is C10H17N3O. The molecule has 1 N–H and O–H groups in total. The maximum Gasteiger partial charge on any atom is 0.0522 e. The quantitative estimate of drug-likeness (QED) is 0.728. The van der Waals surface area contributed by atoms with Crippen molar-refractivity contribution in [1.29, 1.82) is 0 Å². The van der Waals surface area contributed by atoms with Crippen molar-refractivity contribution in [3.8, 4) is 0 Å². The smallest absolute Gasteiger partial charge is 0.0522 e. The lowest BCUT2D eigenvalue weighted by molar-refractivity contribution is 0.0551. The molecule has 2 rings (SSSR count). The third-order valence-electron chi connectivity index (χ3n) is 2.77. The first-order chi connectivity index (χ1) is 6.78. The van der Waals surface area contributed by atoms with Crippen LogP contribution in [0.1, 0.15) is 5.56 Å². The molecule has 4 nitrogen and oxygen atoms in total. The summed E-state index contributed by atoms with van der Waals surface area (Å²) in [6.45, 7) is 3.53. The summed E-state index contributed by atoms with van der Waals surface area (Å²) in [7, 11) is 1.94. The van der Waals surface area contributed by atoms with Crippen LogP contribution in [0.3, 0.4) is 0 Å². The summed E-state index contributed by atoms with van der Waals surface area (Å²) < 4.78 is 1.84. The Morgan fingerprint density at radius 2 is 2.36 bits per heavy atom. The van der Waals surface area contributed by atoms with Crippen molar-refractivity contribution in [2.75, 3.05) is 26.2 Å². The third kappa shape index (κ3) is 2.13. The van der Waals surface area contributed by atoms with Crippen LogP contribution in [0.15, 0.2) is 12.4 Å². The van der Waals surface area contributed by atoms with Crippen molar-refractivity contribution in [1.82, 2.24) is 14.7 Å². The molecule has 0 bridgehead atoms. The highest BCUT2D eigenvalue weighted by atomic mass is 16.3. The number of aromatic nitrogens is 2. The van der Waals surface area contributed by atoms with Gasteiger partial charge in [0.15, 0.2) is 0 Å². The van der Waals surface area contributed by atoms with Gasteiger partial charge in [0.25, 0.3) is 0 Å². The molecule has 78 valence electrons. The number of aryl methyl sites for hydroxylation is 1. The minimum atomic E-state index is 0.337. The Morgan fingerprint density at radius 1 is 1.57 bits per heavy atom. The van der Waals surface area contributed by atoms with Gasteiger partial charge in [0.05, 0.1) is 6.20 Å². The van der Waals surface area contributed by atoms with Crippen LogP contribution in [0.25, 0.3) is 0 Å². The maximum absolute atomic E-state index is 8.85. The molecule has 2 heterocycles. The second-order valence-electron chi connectivity index (χ2n) is 4.08. The normalized spacial score (nSPS) is 18.4. The molecule has 1 aromatic rings. The fraction of sp³-hybridized carbons (Fsp3) is 0.700. The molecule has 1 aliphatic heterocycles. The first-order valence-corrected chi connectivity index (χ1v) is 5.08. The van der Waals surface area contributed by atoms with Gasteiger partial charge >= 0.3 is 0 Å². The Kier molecular flexibility index (Phi) is 2.84. The average Bonchev–Trinajstić information content (AvgIpc) is 2.49. The second-order valence-corrected chi connectivity index (χ2v) is 4.08. The van der Waals surface area contributed by atoms with Gasteiger partial charge in [0.2, 0.25) is 0 Å². The molecule has 0 spiro atoms. The molecule has 1 fully saturated rings. The Hall–Kier alpha value is -0.870. The van der Waals surface area contributed by atoms with E-state index in [1.165, 1.54) is 5.56 Å². The van der Waals surface area contributed by atoms with Crippen molar-refractivity contribution >= 4 is 0 Å². The summed E-state index contributed by atoms with van der Waals surface area (Å²) in [6.07, 6.45) is 5.04. The third-order valence-corrected chi connectivity index (χ3v) is 2.77. The van der Waals surface area contributed by atoms with Crippen LogP contribution in [0.2, 0.25) is 0 Å². The number of aliphatic hydroxyl groups excluding tert-OH is 1. The average molecular weight is 195 g/mol. The zero-order chi connectivity index (χ0) is 9.97. The summed E-state index contributed by atoms with van der Waals surface area (Å²) in [5.41, 5.74) is 1.29. The van der Waals surface area contributed by atoms with E-state index in [1.807, 2.05) is 17.9 Å². The molecule has 0 amide bonds. The van der Waals surface area contributed by atoms with Crippen LogP contribution in [-0.4, -0.2) is 46.0 Å². The molecular weight excluding hydrogens is 178 g/mol. The van der Waals surface area contributed by atoms with Gasteiger partial charge in [-0.2, -0.15) is 5.10 Å². The second kappa shape index (κ2) is 4.11. The van der Waals surface area contributed by atoms with Gasteiger partial charge in [-0.25, -0.2) is 0 Å². The molecule has 0 radical (unpaired) electrons. The van der Waals surface area contributed by atoms with Gasteiger partial charge in [-0.3, -0.25) is 4.68 Å². The first kappa shape index (κ1) is 9.68. The zero-order valence-corrected chi connectivity index (χ0v) is 8.56. The minimum Gasteiger partial charge on any atom is -0.396 e. The number of aliphatic hydroxyl groups is 1. The standard InChI is InChI=1S/C10H17N3O/c1-12-5-9(4-11-12)2-3-13-6-10(7-13)8-14/h4-5,10,14H,2-3,6-8H2,1H3. The van der Waals surface area contributed by atoms with E-state index in [9.17, 15) is 0 Å². The molecule has 14 heavy (non-hydrogen) atoms. The van der Waals surface area contributed by atoms with E-state index in [0.29, 0.717) is 12.5 Å². The molecule has 0 aliphatic carbocycles. The number of hydrogen-bond acceptors (Lipinski definition) is 3. The van der Waals surface area contributed by atoms with Crippen molar-refractivity contribution in [3.05, 3.63) is 18.0 Å². The van der Waals surface area contributed by atoms with Gasteiger partial charge in [0.1, 0.15) is 0 Å². The fourth-order valence-corrected chi connectivity index (χ4v) is 1.86. The highest BCUT2D eigenvalue weighted by molar-refractivity contribution is 5.04. The van der Waals surface area contributed by atoms with Crippen molar-refractivity contribution in [2.24, 2.45) is 13.0 Å². The lowest BCUT2D eigenvalue weighted by atomic mass is 10.0. The van der Waals surface area contributed by atoms with Crippen LogP contribution in [-0.2, 0) is 13.5 Å². The lowest BCUT2D eigenvalue weighted by Gasteiger charge is -2.38. The monoisotopic (exact) mass is 195 g/mol. The highest BCUT2D eigenvalue weighted by Gasteiger charge is 2.24. The van der Waals surface area contributed by atoms with E-state index in [2.05, 4.69) is 16.2 Å². The van der Waals surface area contributed by atoms with E-state index in [4.69, 9.17) is 5.11 Å². The van der Waals surface area contributed by atoms with Crippen LogP contribution >= 0.6 is 0 Å². The Bertz CT molecular complexity index is 291. The zero-order valence-electron chi connectivity index (χ0n) is 8.56. The topological polar surface area (TPSA) is 41.3 Å². The summed E-state index contributed by atoms with van der Waals surface area (Å²) in [5, 5.41) is 13.0. The van der Waals surface area contributed by atoms with Gasteiger partial charge in [-0.15, -0.1) is 0 Å². The Labute approximate surface area is 84.1 Å². The number of rotatable bonds is 4. The Morgan fingerprint density at radius 3 is 2.93 bits per heavy atom. The predicted octanol–water partition coefficient (Wildman–Crippen LogP) is -0.113. The lowest BCUT2D eigenvalue weighted by Crippen LogP contribution is -2.48. The molecule has 1 saturated heterocycles. The van der Waals surface area contributed by atoms with E-state index in [0.717, 1.165) is 26.1 Å². The predicted molar refractivity (Wildman–Crippen MR) is 53.9 cm³/mol. The van der Waals surface area contributed by atoms with Crippen LogP contribution in [0, 0.1) is 5.92 Å². The summed E-state index contributed by atoms with van der Waals surface area (Å²) >= 11 is 0. The summed E-state index contributed by atoms with van der Waals surface area (Å²) in [6, 6.07) is 0. The van der Waals surface area contributed by atoms with Gasteiger partial charge < -0.3 is 10.0 Å². The van der Waals surface area contributed by atoms with E-state index >= 15 is 0 Å². The van der Waals surface area contributed by atoms with E-state index < -0.39 is 0 Å². The van der Waals surface area contributed by atoms with Crippen LogP contribution < -0.4 is 0 Å². The SMILES string of the molecule is Cn1cc(CCN2CC(CO)C2)cn1. The summed E-state index contributed by atoms with van der Waals surface area (Å²) in [5.74, 6) is 0.517. The highest BCUT2D eigenvalue weighted by Crippen LogP contribution is 2.14. The van der Waals surface area contributed by atoms with Crippen molar-refractivity contribution in [2.45, 2.75) is 6.42 Å². The first-order valence-electron chi connectivity index (χ1n) is 5.08. The number of hydrogen-bond donors (Lipinski definition) is 1. The van der Waals surface area contributed by atoms with Crippen LogP contribution in [0.5, 0.6) is 0 Å². The molecule has 1 aliphatic rings. The van der Waals surface area contributed by atoms with Gasteiger partial charge in [0, 0.05) is 45.4 Å². The number of nitrogens with zero attached hydrogens (tertiary/aromatic N) is 3. The van der Waals surface area contributed by atoms with Gasteiger partial charge in [-0.1, -0.05) is 0 Å². The minimum absolute atomic E-state index is 0.337. The van der Waals surface area contributed by atoms with Crippen LogP contribution in [0.4, 0.5) is 0 Å². The summed E-state index contributed by atoms with van der Waals surface area (Å²) in [4.78, 5) is 2.37. The molecule has 0 saturated carbocycles. The largest absolute Gasteiger partial charge is 0.396 e. The molecule has 0 unspecified atom stereocenters.